The number of amides is 2. The number of alkyl halides is 1. The maximum Gasteiger partial charge on any atom is 0.242 e. The molecule has 1 N–H and O–H groups in total. The van der Waals surface area contributed by atoms with E-state index in [0.717, 1.165) is 44.5 Å². The van der Waals surface area contributed by atoms with Crippen molar-refractivity contribution >= 4 is 57.8 Å². The molecule has 0 fully saturated rings. The number of aryl methyl sites for hydroxylation is 2. The van der Waals surface area contributed by atoms with Crippen LogP contribution in [-0.2, 0) is 25.6 Å². The molecule has 2 amide bonds. The summed E-state index contributed by atoms with van der Waals surface area (Å²) in [6, 6.07) is 31.5. The number of hydrogen-bond acceptors (Lipinski definition) is 10. The number of halogens is 2. The molecule has 0 saturated carbocycles. The number of benzene rings is 4. The smallest absolute Gasteiger partial charge is 0.242 e. The topological polar surface area (TPSA) is 129 Å². The first-order valence-corrected chi connectivity index (χ1v) is 21.6. The minimum atomic E-state index is -0.545. The van der Waals surface area contributed by atoms with Crippen LogP contribution >= 0.6 is 34.5 Å². The van der Waals surface area contributed by atoms with Gasteiger partial charge in [-0.25, -0.2) is 0 Å². The molecule has 316 valence electrons. The lowest BCUT2D eigenvalue weighted by Crippen LogP contribution is -2.31. The van der Waals surface area contributed by atoms with E-state index < -0.39 is 6.04 Å². The van der Waals surface area contributed by atoms with Gasteiger partial charge in [0.2, 0.25) is 11.8 Å². The Morgan fingerprint density at radius 2 is 1.46 bits per heavy atom. The summed E-state index contributed by atoms with van der Waals surface area (Å²) in [4.78, 5) is 33.8. The van der Waals surface area contributed by atoms with Crippen molar-refractivity contribution in [1.29, 1.82) is 0 Å². The van der Waals surface area contributed by atoms with E-state index in [0.29, 0.717) is 74.2 Å². The fourth-order valence-electron chi connectivity index (χ4n) is 6.78. The molecular weight excluding hydrogens is 836 g/mol. The molecule has 61 heavy (non-hydrogen) atoms. The van der Waals surface area contributed by atoms with Crippen LogP contribution < -0.4 is 19.7 Å². The quantitative estimate of drug-likeness (QED) is 0.0631. The van der Waals surface area contributed by atoms with E-state index in [-0.39, 0.29) is 24.1 Å². The van der Waals surface area contributed by atoms with E-state index in [2.05, 4.69) is 29.4 Å². The number of carbonyl (C=O) groups excluding carboxylic acids is 2. The molecule has 1 atom stereocenters. The summed E-state index contributed by atoms with van der Waals surface area (Å²) >= 11 is 13.8. The van der Waals surface area contributed by atoms with Gasteiger partial charge in [-0.1, -0.05) is 54.1 Å². The van der Waals surface area contributed by atoms with Crippen molar-refractivity contribution in [3.05, 3.63) is 147 Å². The first-order chi connectivity index (χ1) is 29.7. The molecule has 3 heterocycles. The predicted octanol–water partition coefficient (Wildman–Crippen LogP) is 8.98. The van der Waals surface area contributed by atoms with Crippen molar-refractivity contribution in [2.75, 3.05) is 50.4 Å². The summed E-state index contributed by atoms with van der Waals surface area (Å²) in [6.07, 6.45) is 0.101. The van der Waals surface area contributed by atoms with Crippen molar-refractivity contribution in [3.8, 4) is 22.2 Å². The lowest BCUT2D eigenvalue weighted by Gasteiger charge is -2.22. The third-order valence-electron chi connectivity index (χ3n) is 9.98. The monoisotopic (exact) mass is 880 g/mol. The zero-order valence-corrected chi connectivity index (χ0v) is 36.4. The van der Waals surface area contributed by atoms with Gasteiger partial charge in [-0.3, -0.25) is 19.1 Å². The SMILES string of the molecule is Cc1sc2c(c1C)C(c1ccc(Cl)cc1)=N[C@@H](CC(=O)NCCOCCOCCOc1ccc(Oc3ccc(N(Cc4ccccc4)C(=O)CCl)cc3)cc1)c1nnc(C)n1-2. The Morgan fingerprint density at radius 1 is 0.803 bits per heavy atom. The molecule has 0 radical (unpaired) electrons. The van der Waals surface area contributed by atoms with Crippen LogP contribution in [0.25, 0.3) is 5.00 Å². The molecule has 12 nitrogen and oxygen atoms in total. The Labute approximate surface area is 369 Å². The van der Waals surface area contributed by atoms with E-state index in [1.165, 1.54) is 4.88 Å². The van der Waals surface area contributed by atoms with Crippen LogP contribution in [0.15, 0.2) is 108 Å². The molecule has 1 aliphatic heterocycles. The van der Waals surface area contributed by atoms with Crippen LogP contribution in [0.3, 0.4) is 0 Å². The molecular formula is C46H46Cl2N6O6S. The summed E-state index contributed by atoms with van der Waals surface area (Å²) in [5.41, 5.74) is 5.62. The maximum atomic E-state index is 13.2. The second kappa shape index (κ2) is 20.8. The average molecular weight is 882 g/mol. The maximum absolute atomic E-state index is 13.2. The van der Waals surface area contributed by atoms with Crippen LogP contribution in [0.1, 0.15) is 51.2 Å². The fourth-order valence-corrected chi connectivity index (χ4v) is 8.26. The summed E-state index contributed by atoms with van der Waals surface area (Å²) in [5, 5.41) is 13.4. The zero-order chi connectivity index (χ0) is 42.7. The van der Waals surface area contributed by atoms with Crippen LogP contribution in [0, 0.1) is 20.8 Å². The highest BCUT2D eigenvalue weighted by Crippen LogP contribution is 2.39. The standard InChI is InChI=1S/C46H46Cl2N6O6S/c1-30-31(2)61-46-43(30)44(34-9-11-35(48)12-10-34)50-40(45-52-51-32(3)54(45)46)27-41(55)49-21-22-57-23-24-58-25-26-59-37-17-19-39(20-18-37)60-38-15-13-36(14-16-38)53(42(56)28-47)29-33-7-5-4-6-8-33/h4-20,40H,21-29H2,1-3H3,(H,49,55)/t40-/m0/s1. The molecule has 4 aromatic carbocycles. The minimum absolute atomic E-state index is 0.101. The molecule has 0 unspecified atom stereocenters. The number of nitrogens with one attached hydrogen (secondary N) is 1. The Morgan fingerprint density at radius 3 is 2.16 bits per heavy atom. The molecule has 7 rings (SSSR count). The van der Waals surface area contributed by atoms with Gasteiger partial charge in [0.25, 0.3) is 0 Å². The Balaban J connectivity index is 0.802. The number of anilines is 1. The van der Waals surface area contributed by atoms with E-state index in [9.17, 15) is 9.59 Å². The van der Waals surface area contributed by atoms with Gasteiger partial charge in [0, 0.05) is 33.3 Å². The first kappa shape index (κ1) is 43.5. The van der Waals surface area contributed by atoms with Gasteiger partial charge in [0.15, 0.2) is 5.82 Å². The molecule has 1 aliphatic rings. The molecule has 0 aliphatic carbocycles. The van der Waals surface area contributed by atoms with Crippen molar-refractivity contribution in [3.63, 3.8) is 0 Å². The van der Waals surface area contributed by atoms with Crippen molar-refractivity contribution in [2.45, 2.75) is 39.8 Å². The third kappa shape index (κ3) is 11.0. The fraction of sp³-hybridized carbons (Fsp3) is 0.283. The molecule has 15 heteroatoms. The number of nitrogens with zero attached hydrogens (tertiary/aromatic N) is 5. The molecule has 0 saturated heterocycles. The highest BCUT2D eigenvalue weighted by Gasteiger charge is 2.32. The van der Waals surface area contributed by atoms with Gasteiger partial charge in [0.1, 0.15) is 46.6 Å². The lowest BCUT2D eigenvalue weighted by molar-refractivity contribution is -0.121. The summed E-state index contributed by atoms with van der Waals surface area (Å²) in [5.74, 6) is 2.87. The number of aromatic nitrogens is 3. The van der Waals surface area contributed by atoms with Crippen LogP contribution in [0.5, 0.6) is 17.2 Å². The Hall–Kier alpha value is -5.57. The Bertz CT molecular complexity index is 2440. The summed E-state index contributed by atoms with van der Waals surface area (Å²) in [7, 11) is 0. The van der Waals surface area contributed by atoms with E-state index in [1.807, 2.05) is 115 Å². The normalized spacial score (nSPS) is 13.1. The van der Waals surface area contributed by atoms with E-state index >= 15 is 0 Å². The van der Waals surface area contributed by atoms with Gasteiger partial charge >= 0.3 is 0 Å². The summed E-state index contributed by atoms with van der Waals surface area (Å²) in [6.45, 7) is 8.71. The van der Waals surface area contributed by atoms with Gasteiger partial charge in [-0.15, -0.1) is 33.1 Å². The minimum Gasteiger partial charge on any atom is -0.491 e. The average Bonchev–Trinajstić information content (AvgIpc) is 3.76. The van der Waals surface area contributed by atoms with Gasteiger partial charge < -0.3 is 29.2 Å². The Kier molecular flexibility index (Phi) is 14.8. The number of ether oxygens (including phenoxy) is 4. The number of aliphatic imine (C=N–C) groups is 1. The second-order valence-corrected chi connectivity index (χ2v) is 16.1. The molecule has 2 aromatic heterocycles. The molecule has 0 bridgehead atoms. The van der Waals surface area contributed by atoms with Crippen molar-refractivity contribution < 1.29 is 28.5 Å². The molecule has 6 aromatic rings. The predicted molar refractivity (Wildman–Crippen MR) is 239 cm³/mol. The van der Waals surface area contributed by atoms with Crippen LogP contribution in [0.4, 0.5) is 5.69 Å². The number of hydrogen-bond donors (Lipinski definition) is 1. The number of carbonyl (C=O) groups is 2. The molecule has 0 spiro atoms. The first-order valence-electron chi connectivity index (χ1n) is 19.9. The number of fused-ring (bicyclic) bond motifs is 3. The zero-order valence-electron chi connectivity index (χ0n) is 34.1. The largest absolute Gasteiger partial charge is 0.491 e. The highest BCUT2D eigenvalue weighted by molar-refractivity contribution is 7.15. The van der Waals surface area contributed by atoms with Gasteiger partial charge in [-0.2, -0.15) is 0 Å². The lowest BCUT2D eigenvalue weighted by atomic mass is 9.99. The van der Waals surface area contributed by atoms with E-state index in [1.54, 1.807) is 16.2 Å². The van der Waals surface area contributed by atoms with Crippen LogP contribution in [-0.4, -0.2) is 77.7 Å². The number of rotatable bonds is 19. The van der Waals surface area contributed by atoms with Crippen LogP contribution in [0.2, 0.25) is 5.02 Å². The second-order valence-electron chi connectivity index (χ2n) is 14.2. The van der Waals surface area contributed by atoms with Crippen molar-refractivity contribution in [1.82, 2.24) is 20.1 Å². The van der Waals surface area contributed by atoms with Crippen molar-refractivity contribution in [2.24, 2.45) is 4.99 Å². The third-order valence-corrected chi connectivity index (χ3v) is 11.7. The highest BCUT2D eigenvalue weighted by atomic mass is 35.5. The number of thiophene rings is 1. The van der Waals surface area contributed by atoms with E-state index in [4.69, 9.17) is 47.1 Å². The van der Waals surface area contributed by atoms with Gasteiger partial charge in [0.05, 0.1) is 45.1 Å². The van der Waals surface area contributed by atoms with Gasteiger partial charge in [-0.05, 0) is 92.6 Å². The summed E-state index contributed by atoms with van der Waals surface area (Å²) < 4.78 is 25.2.